The Morgan fingerprint density at radius 3 is 2.48 bits per heavy atom. The van der Waals surface area contributed by atoms with Crippen molar-refractivity contribution < 1.29 is 4.39 Å². The highest BCUT2D eigenvalue weighted by atomic mass is 35.5. The lowest BCUT2D eigenvalue weighted by molar-refractivity contribution is 0.291. The van der Waals surface area contributed by atoms with Crippen molar-refractivity contribution in [2.24, 2.45) is 0 Å². The molecule has 0 saturated carbocycles. The van der Waals surface area contributed by atoms with E-state index in [-0.39, 0.29) is 0 Å². The monoisotopic (exact) mass is 326 g/mol. The number of benzene rings is 1. The summed E-state index contributed by atoms with van der Waals surface area (Å²) in [6.07, 6.45) is 5.80. The van der Waals surface area contributed by atoms with Crippen LogP contribution in [0.25, 0.3) is 0 Å². The van der Waals surface area contributed by atoms with E-state index in [1.54, 1.807) is 0 Å². The highest BCUT2D eigenvalue weighted by molar-refractivity contribution is 6.59. The largest absolute Gasteiger partial charge is 0.247 e. The molecule has 1 unspecified atom stereocenters. The summed E-state index contributed by atoms with van der Waals surface area (Å²) >= 11 is 5.96. The van der Waals surface area contributed by atoms with Crippen LogP contribution in [-0.4, -0.2) is 15.0 Å². The molecule has 0 aromatic heterocycles. The lowest BCUT2D eigenvalue weighted by atomic mass is 9.94. The van der Waals surface area contributed by atoms with Crippen molar-refractivity contribution in [1.82, 2.24) is 0 Å². The van der Waals surface area contributed by atoms with Gasteiger partial charge in [-0.15, -0.1) is 0 Å². The molecule has 0 aliphatic carbocycles. The molecule has 0 amide bonds. The van der Waals surface area contributed by atoms with Crippen molar-refractivity contribution in [3.8, 4) is 0 Å². The predicted molar refractivity (Wildman–Crippen MR) is 94.0 cm³/mol. The number of alkyl halides is 1. The SMILES string of the molecule is CCCC(F)CCC[Si@H]1CC[C@H](c2ccc(Cl)cc2)CC1. The summed E-state index contributed by atoms with van der Waals surface area (Å²) in [5, 5.41) is 0.828. The van der Waals surface area contributed by atoms with E-state index in [0.29, 0.717) is 0 Å². The minimum Gasteiger partial charge on any atom is -0.247 e. The molecule has 1 fully saturated rings. The first-order valence-electron chi connectivity index (χ1n) is 8.58. The van der Waals surface area contributed by atoms with Gasteiger partial charge in [0.1, 0.15) is 6.17 Å². The fourth-order valence-corrected chi connectivity index (χ4v) is 7.16. The Balaban J connectivity index is 1.67. The lowest BCUT2D eigenvalue weighted by Gasteiger charge is -2.28. The Morgan fingerprint density at radius 1 is 1.19 bits per heavy atom. The van der Waals surface area contributed by atoms with Gasteiger partial charge < -0.3 is 0 Å². The van der Waals surface area contributed by atoms with Gasteiger partial charge in [-0.2, -0.15) is 0 Å². The van der Waals surface area contributed by atoms with Crippen molar-refractivity contribution in [1.29, 1.82) is 0 Å². The summed E-state index contributed by atoms with van der Waals surface area (Å²) in [5.41, 5.74) is 1.46. The maximum atomic E-state index is 13.5. The zero-order valence-electron chi connectivity index (χ0n) is 13.2. The van der Waals surface area contributed by atoms with Crippen LogP contribution in [0.5, 0.6) is 0 Å². The van der Waals surface area contributed by atoms with Crippen molar-refractivity contribution in [2.75, 3.05) is 0 Å². The summed E-state index contributed by atoms with van der Waals surface area (Å²) in [6, 6.07) is 12.6. The minimum atomic E-state index is -0.570. The Bertz CT molecular complexity index is 398. The Hall–Kier alpha value is -0.343. The van der Waals surface area contributed by atoms with Gasteiger partial charge in [0.15, 0.2) is 0 Å². The first kappa shape index (κ1) is 17.0. The molecule has 3 heteroatoms. The van der Waals surface area contributed by atoms with Gasteiger partial charge in [-0.25, -0.2) is 4.39 Å². The van der Waals surface area contributed by atoms with Crippen LogP contribution in [0, 0.1) is 0 Å². The Labute approximate surface area is 135 Å². The average Bonchev–Trinajstić information content (AvgIpc) is 2.49. The molecular formula is C18H28ClFSi. The molecule has 0 nitrogen and oxygen atoms in total. The predicted octanol–water partition coefficient (Wildman–Crippen LogP) is 6.36. The first-order valence-corrected chi connectivity index (χ1v) is 11.4. The third kappa shape index (κ3) is 5.75. The summed E-state index contributed by atoms with van der Waals surface area (Å²) in [6.45, 7) is 2.07. The van der Waals surface area contributed by atoms with Gasteiger partial charge in [-0.3, -0.25) is 0 Å². The van der Waals surface area contributed by atoms with E-state index in [0.717, 1.165) is 36.6 Å². The summed E-state index contributed by atoms with van der Waals surface area (Å²) in [7, 11) is -0.570. The zero-order valence-corrected chi connectivity index (χ0v) is 15.1. The molecular weight excluding hydrogens is 299 g/mol. The molecule has 2 rings (SSSR count). The van der Waals surface area contributed by atoms with E-state index < -0.39 is 15.0 Å². The third-order valence-corrected chi connectivity index (χ3v) is 8.70. The molecule has 1 aliphatic rings. The molecule has 0 N–H and O–H groups in total. The molecule has 21 heavy (non-hydrogen) atoms. The van der Waals surface area contributed by atoms with Crippen LogP contribution in [0.2, 0.25) is 23.2 Å². The normalized spacial score (nSPS) is 24.0. The molecule has 0 radical (unpaired) electrons. The third-order valence-electron chi connectivity index (χ3n) is 4.92. The van der Waals surface area contributed by atoms with Crippen molar-refractivity contribution in [2.45, 2.75) is 75.7 Å². The lowest BCUT2D eigenvalue weighted by Crippen LogP contribution is -2.20. The topological polar surface area (TPSA) is 0 Å². The van der Waals surface area contributed by atoms with Crippen LogP contribution in [0.4, 0.5) is 4.39 Å². The van der Waals surface area contributed by atoms with Gasteiger partial charge in [0.25, 0.3) is 0 Å². The van der Waals surface area contributed by atoms with Crippen LogP contribution >= 0.6 is 11.6 Å². The molecule has 0 bridgehead atoms. The van der Waals surface area contributed by atoms with E-state index in [1.807, 2.05) is 12.1 Å². The van der Waals surface area contributed by atoms with Gasteiger partial charge in [-0.1, -0.05) is 61.6 Å². The summed E-state index contributed by atoms with van der Waals surface area (Å²) in [4.78, 5) is 0. The smallest absolute Gasteiger partial charge is 0.100 e. The highest BCUT2D eigenvalue weighted by Gasteiger charge is 2.23. The molecule has 0 spiro atoms. The molecule has 1 aliphatic heterocycles. The fraction of sp³-hybridized carbons (Fsp3) is 0.667. The van der Waals surface area contributed by atoms with Gasteiger partial charge >= 0.3 is 0 Å². The maximum absolute atomic E-state index is 13.5. The second-order valence-corrected chi connectivity index (χ2v) is 10.5. The molecule has 1 aromatic rings. The minimum absolute atomic E-state index is 0.547. The molecule has 1 atom stereocenters. The van der Waals surface area contributed by atoms with Crippen molar-refractivity contribution in [3.05, 3.63) is 34.9 Å². The van der Waals surface area contributed by atoms with E-state index in [9.17, 15) is 4.39 Å². The van der Waals surface area contributed by atoms with Gasteiger partial charge in [0, 0.05) is 13.8 Å². The number of rotatable bonds is 7. The summed E-state index contributed by atoms with van der Waals surface area (Å²) in [5.74, 6) is 0.736. The molecule has 1 heterocycles. The number of hydrogen-bond donors (Lipinski definition) is 0. The van der Waals surface area contributed by atoms with E-state index >= 15 is 0 Å². The second-order valence-electron chi connectivity index (χ2n) is 6.59. The summed E-state index contributed by atoms with van der Waals surface area (Å²) < 4.78 is 13.5. The van der Waals surface area contributed by atoms with E-state index in [1.165, 1.54) is 36.5 Å². The standard InChI is InChI=1S/C18H28ClFSi/c1-2-4-18(20)5-3-12-21-13-10-16(11-14-21)15-6-8-17(19)9-7-15/h6-9,16,18,21H,2-5,10-14H2,1H3/t16-,18?,21-. The van der Waals surface area contributed by atoms with Crippen LogP contribution in [-0.2, 0) is 0 Å². The Kier molecular flexibility index (Phi) is 7.25. The van der Waals surface area contributed by atoms with Gasteiger partial charge in [0.05, 0.1) is 0 Å². The van der Waals surface area contributed by atoms with Gasteiger partial charge in [0.2, 0.25) is 0 Å². The van der Waals surface area contributed by atoms with Crippen LogP contribution < -0.4 is 0 Å². The van der Waals surface area contributed by atoms with Crippen LogP contribution in [0.3, 0.4) is 0 Å². The molecule has 1 aromatic carbocycles. The van der Waals surface area contributed by atoms with Crippen molar-refractivity contribution in [3.63, 3.8) is 0 Å². The van der Waals surface area contributed by atoms with Crippen LogP contribution in [0.15, 0.2) is 24.3 Å². The van der Waals surface area contributed by atoms with E-state index in [4.69, 9.17) is 11.6 Å². The first-order chi connectivity index (χ1) is 10.2. The highest BCUT2D eigenvalue weighted by Crippen LogP contribution is 2.35. The maximum Gasteiger partial charge on any atom is 0.100 e. The van der Waals surface area contributed by atoms with E-state index in [2.05, 4.69) is 19.1 Å². The molecule has 118 valence electrons. The second kappa shape index (κ2) is 8.95. The van der Waals surface area contributed by atoms with Crippen molar-refractivity contribution >= 4 is 20.4 Å². The van der Waals surface area contributed by atoms with Crippen LogP contribution in [0.1, 0.15) is 56.9 Å². The number of halogens is 2. The Morgan fingerprint density at radius 2 is 1.86 bits per heavy atom. The molecule has 1 saturated heterocycles. The van der Waals surface area contributed by atoms with Gasteiger partial charge in [-0.05, 0) is 49.3 Å². The average molecular weight is 327 g/mol. The zero-order chi connectivity index (χ0) is 15.1. The number of hydrogen-bond acceptors (Lipinski definition) is 0. The fourth-order valence-electron chi connectivity index (χ4n) is 3.60. The quantitative estimate of drug-likeness (QED) is 0.511.